The molecule has 2 aromatic heterocycles. The zero-order chi connectivity index (χ0) is 27.4. The lowest BCUT2D eigenvalue weighted by Gasteiger charge is -2.45. The van der Waals surface area contributed by atoms with Gasteiger partial charge in [-0.15, -0.1) is 0 Å². The molecule has 2 fully saturated rings. The fourth-order valence-electron chi connectivity index (χ4n) is 6.41. The highest BCUT2D eigenvalue weighted by Crippen LogP contribution is 2.49. The Morgan fingerprint density at radius 2 is 1.95 bits per heavy atom. The van der Waals surface area contributed by atoms with Gasteiger partial charge in [-0.25, -0.2) is 0 Å². The first-order valence-corrected chi connectivity index (χ1v) is 13.5. The summed E-state index contributed by atoms with van der Waals surface area (Å²) in [6.45, 7) is -0.114. The number of rotatable bonds is 7. The van der Waals surface area contributed by atoms with Crippen LogP contribution in [0.4, 0.5) is 24.7 Å². The van der Waals surface area contributed by atoms with Gasteiger partial charge < -0.3 is 15.2 Å². The number of halogens is 3. The molecule has 0 spiro atoms. The Morgan fingerprint density at radius 1 is 1.18 bits per heavy atom. The monoisotopic (exact) mass is 538 g/mol. The Kier molecular flexibility index (Phi) is 6.16. The van der Waals surface area contributed by atoms with E-state index in [2.05, 4.69) is 16.4 Å². The van der Waals surface area contributed by atoms with Gasteiger partial charge in [0.2, 0.25) is 0 Å². The van der Waals surface area contributed by atoms with Crippen molar-refractivity contribution < 1.29 is 18.0 Å². The van der Waals surface area contributed by atoms with Crippen molar-refractivity contribution in [2.45, 2.75) is 82.1 Å². The number of aromatic nitrogens is 3. The number of pyridine rings is 1. The van der Waals surface area contributed by atoms with Gasteiger partial charge in [-0.2, -0.15) is 23.5 Å². The molecule has 2 aliphatic carbocycles. The zero-order valence-corrected chi connectivity index (χ0v) is 21.4. The number of fused-ring (bicyclic) bond motifs is 2. The number of aromatic amines is 1. The Bertz CT molecular complexity index is 1520. The van der Waals surface area contributed by atoms with E-state index in [0.29, 0.717) is 59.6 Å². The molecule has 0 radical (unpaired) electrons. The lowest BCUT2D eigenvalue weighted by molar-refractivity contribution is -0.233. The number of nitriles is 1. The van der Waals surface area contributed by atoms with Crippen molar-refractivity contribution in [1.82, 2.24) is 19.7 Å². The second kappa shape index (κ2) is 9.43. The normalized spacial score (nSPS) is 19.6. The molecule has 3 heterocycles. The van der Waals surface area contributed by atoms with Crippen molar-refractivity contribution in [1.29, 1.82) is 5.26 Å². The summed E-state index contributed by atoms with van der Waals surface area (Å²) in [6.07, 6.45) is 1.59. The molecule has 3 aliphatic rings. The van der Waals surface area contributed by atoms with Gasteiger partial charge in [0.25, 0.3) is 11.5 Å². The number of anilines is 2. The number of nitrogens with zero attached hydrogens (tertiary/aromatic N) is 4. The standard InChI is InChI=1S/C28H29F3N6O2/c29-28(30,31)27(11-2-1-3-12-27)36-16-18-15-19(8-9-20(18)26(36)39)34-24-23-22(10-14-33-25(23)38)37(35-24)21(5-4-13-32)17-6-7-17/h8-10,14-15,17,21H,1-7,11-12,16H2,(H,33,38)(H,34,35). The number of carbonyl (C=O) groups is 1. The van der Waals surface area contributed by atoms with E-state index in [0.717, 1.165) is 24.2 Å². The van der Waals surface area contributed by atoms with Gasteiger partial charge in [0.1, 0.15) is 10.9 Å². The summed E-state index contributed by atoms with van der Waals surface area (Å²) in [7, 11) is 0. The summed E-state index contributed by atoms with van der Waals surface area (Å²) in [6, 6.07) is 8.84. The van der Waals surface area contributed by atoms with Crippen LogP contribution in [-0.2, 0) is 6.54 Å². The first-order valence-electron chi connectivity index (χ1n) is 13.5. The van der Waals surface area contributed by atoms with Crippen LogP contribution in [0.5, 0.6) is 0 Å². The molecule has 39 heavy (non-hydrogen) atoms. The third-order valence-electron chi connectivity index (χ3n) is 8.56. The number of benzene rings is 1. The molecule has 2 N–H and O–H groups in total. The quantitative estimate of drug-likeness (QED) is 0.387. The molecule has 0 bridgehead atoms. The fourth-order valence-corrected chi connectivity index (χ4v) is 6.41. The van der Waals surface area contributed by atoms with E-state index in [1.165, 1.54) is 0 Å². The zero-order valence-electron chi connectivity index (χ0n) is 21.4. The predicted octanol–water partition coefficient (Wildman–Crippen LogP) is 5.94. The SMILES string of the molecule is N#CCCC(C1CC1)n1nc(Nc2ccc3c(c2)CN(C2(C(F)(F)F)CCCCC2)C3=O)c2c(=O)[nH]ccc21. The number of alkyl halides is 3. The number of amides is 1. The molecule has 1 amide bonds. The Labute approximate surface area is 222 Å². The van der Waals surface area contributed by atoms with Crippen molar-refractivity contribution in [2.24, 2.45) is 5.92 Å². The Morgan fingerprint density at radius 3 is 2.64 bits per heavy atom. The molecule has 11 heteroatoms. The molecule has 8 nitrogen and oxygen atoms in total. The molecule has 1 aliphatic heterocycles. The molecule has 0 saturated heterocycles. The number of H-pyrrole nitrogens is 1. The van der Waals surface area contributed by atoms with Crippen molar-refractivity contribution in [3.05, 3.63) is 51.9 Å². The van der Waals surface area contributed by atoms with Crippen LogP contribution in [0.25, 0.3) is 10.9 Å². The smallest absolute Gasteiger partial charge is 0.338 e. The summed E-state index contributed by atoms with van der Waals surface area (Å²) >= 11 is 0. The topological polar surface area (TPSA) is 107 Å². The predicted molar refractivity (Wildman–Crippen MR) is 138 cm³/mol. The van der Waals surface area contributed by atoms with E-state index in [9.17, 15) is 22.8 Å². The third-order valence-corrected chi connectivity index (χ3v) is 8.56. The van der Waals surface area contributed by atoms with Crippen LogP contribution in [-0.4, -0.2) is 37.3 Å². The number of hydrogen-bond acceptors (Lipinski definition) is 5. The Balaban J connectivity index is 1.33. The van der Waals surface area contributed by atoms with Crippen LogP contribution >= 0.6 is 0 Å². The van der Waals surface area contributed by atoms with Crippen LogP contribution < -0.4 is 10.9 Å². The highest BCUT2D eigenvalue weighted by atomic mass is 19.4. The Hall–Kier alpha value is -3.81. The van der Waals surface area contributed by atoms with Gasteiger partial charge in [-0.05, 0) is 67.9 Å². The molecule has 1 unspecified atom stereocenters. The van der Waals surface area contributed by atoms with E-state index in [1.54, 1.807) is 30.5 Å². The van der Waals surface area contributed by atoms with Crippen LogP contribution in [0, 0.1) is 17.2 Å². The second-order valence-electron chi connectivity index (χ2n) is 10.9. The van der Waals surface area contributed by atoms with Crippen LogP contribution in [0.3, 0.4) is 0 Å². The number of hydrogen-bond donors (Lipinski definition) is 2. The van der Waals surface area contributed by atoms with Gasteiger partial charge in [-0.1, -0.05) is 19.3 Å². The highest BCUT2D eigenvalue weighted by Gasteiger charge is 2.61. The average Bonchev–Trinajstić information content (AvgIpc) is 3.61. The third kappa shape index (κ3) is 4.26. The van der Waals surface area contributed by atoms with Crippen LogP contribution in [0.1, 0.15) is 79.8 Å². The van der Waals surface area contributed by atoms with Crippen molar-refractivity contribution in [3.8, 4) is 6.07 Å². The van der Waals surface area contributed by atoms with Gasteiger partial charge in [0.05, 0.1) is 17.6 Å². The first kappa shape index (κ1) is 25.5. The largest absolute Gasteiger partial charge is 0.411 e. The maximum Gasteiger partial charge on any atom is 0.411 e. The lowest BCUT2D eigenvalue weighted by Crippen LogP contribution is -2.59. The van der Waals surface area contributed by atoms with Crippen LogP contribution in [0.2, 0.25) is 0 Å². The van der Waals surface area contributed by atoms with Gasteiger partial charge in [-0.3, -0.25) is 14.3 Å². The van der Waals surface area contributed by atoms with Crippen LogP contribution in [0.15, 0.2) is 35.3 Å². The van der Waals surface area contributed by atoms with Gasteiger partial charge in [0.15, 0.2) is 5.82 Å². The summed E-state index contributed by atoms with van der Waals surface area (Å²) in [5.74, 6) is 0.132. The highest BCUT2D eigenvalue weighted by molar-refractivity contribution is 6.00. The van der Waals surface area contributed by atoms with Crippen molar-refractivity contribution in [3.63, 3.8) is 0 Å². The van der Waals surface area contributed by atoms with E-state index in [4.69, 9.17) is 10.4 Å². The molecular weight excluding hydrogens is 509 g/mol. The lowest BCUT2D eigenvalue weighted by atomic mass is 9.79. The summed E-state index contributed by atoms with van der Waals surface area (Å²) in [5.41, 5.74) is -0.484. The molecule has 3 aromatic rings. The molecule has 2 saturated carbocycles. The maximum absolute atomic E-state index is 14.3. The average molecular weight is 539 g/mol. The van der Waals surface area contributed by atoms with E-state index >= 15 is 0 Å². The molecule has 204 valence electrons. The maximum atomic E-state index is 14.3. The number of carbonyl (C=O) groups excluding carboxylic acids is 1. The molecule has 6 rings (SSSR count). The van der Waals surface area contributed by atoms with E-state index < -0.39 is 17.6 Å². The molecule has 1 aromatic carbocycles. The second-order valence-corrected chi connectivity index (χ2v) is 10.9. The minimum Gasteiger partial charge on any atom is -0.338 e. The number of nitrogens with one attached hydrogen (secondary N) is 2. The van der Waals surface area contributed by atoms with E-state index in [-0.39, 0.29) is 36.6 Å². The minimum absolute atomic E-state index is 0.00949. The summed E-state index contributed by atoms with van der Waals surface area (Å²) < 4.78 is 44.8. The van der Waals surface area contributed by atoms with E-state index in [1.807, 2.05) is 4.68 Å². The van der Waals surface area contributed by atoms with Crippen molar-refractivity contribution in [2.75, 3.05) is 5.32 Å². The van der Waals surface area contributed by atoms with Gasteiger partial charge >= 0.3 is 6.18 Å². The summed E-state index contributed by atoms with van der Waals surface area (Å²) in [4.78, 5) is 29.7. The molecule has 1 atom stereocenters. The van der Waals surface area contributed by atoms with Crippen molar-refractivity contribution >= 4 is 28.3 Å². The fraction of sp³-hybridized carbons (Fsp3) is 0.500. The van der Waals surface area contributed by atoms with Gasteiger partial charge in [0, 0.05) is 30.4 Å². The first-order chi connectivity index (χ1) is 18.7. The summed E-state index contributed by atoms with van der Waals surface area (Å²) in [5, 5.41) is 17.5. The minimum atomic E-state index is -4.51. The molecular formula is C28H29F3N6O2.